The summed E-state index contributed by atoms with van der Waals surface area (Å²) in [5.41, 5.74) is 1.000. The molecule has 130 valence electrons. The lowest BCUT2D eigenvalue weighted by molar-refractivity contribution is -0.150. The van der Waals surface area contributed by atoms with Crippen LogP contribution < -0.4 is 5.32 Å². The zero-order chi connectivity index (χ0) is 17.0. The molecule has 2 aliphatic rings. The Labute approximate surface area is 143 Å². The number of carbonyl (C=O) groups is 2. The molecule has 2 amide bonds. The van der Waals surface area contributed by atoms with Crippen molar-refractivity contribution < 1.29 is 14.3 Å². The molecule has 0 aliphatic carbocycles. The molecule has 0 radical (unpaired) electrons. The van der Waals surface area contributed by atoms with Gasteiger partial charge in [-0.25, -0.2) is 0 Å². The Morgan fingerprint density at radius 3 is 2.46 bits per heavy atom. The van der Waals surface area contributed by atoms with Crippen LogP contribution in [0.2, 0.25) is 0 Å². The number of nitrogens with zero attached hydrogens (tertiary/aromatic N) is 1. The van der Waals surface area contributed by atoms with Crippen LogP contribution in [0, 0.1) is 0 Å². The van der Waals surface area contributed by atoms with Crippen LogP contribution in [-0.4, -0.2) is 42.0 Å². The largest absolute Gasteiger partial charge is 0.365 e. The molecular formula is C19H26N2O3. The van der Waals surface area contributed by atoms with E-state index in [2.05, 4.69) is 5.32 Å². The number of hydrogen-bond donors (Lipinski definition) is 1. The molecule has 5 heteroatoms. The van der Waals surface area contributed by atoms with Gasteiger partial charge in [0.25, 0.3) is 11.8 Å². The molecule has 1 N–H and O–H groups in total. The number of ether oxygens (including phenoxy) is 1. The van der Waals surface area contributed by atoms with Crippen LogP contribution in [0.5, 0.6) is 0 Å². The molecule has 5 nitrogen and oxygen atoms in total. The van der Waals surface area contributed by atoms with E-state index in [-0.39, 0.29) is 11.8 Å². The molecule has 2 fully saturated rings. The summed E-state index contributed by atoms with van der Waals surface area (Å²) < 4.78 is 5.66. The Balaban J connectivity index is 1.54. The predicted molar refractivity (Wildman–Crippen MR) is 91.6 cm³/mol. The SMILES string of the molecule is CC1(C(=O)NCc2ccc(C(=O)N3CCCC3)cc2)CCCCO1. The monoisotopic (exact) mass is 330 g/mol. The Kier molecular flexibility index (Phi) is 5.19. The summed E-state index contributed by atoms with van der Waals surface area (Å²) in [5, 5.41) is 2.95. The molecule has 1 aromatic rings. The molecule has 2 heterocycles. The number of benzene rings is 1. The maximum absolute atomic E-state index is 12.3. The minimum atomic E-state index is -0.704. The molecule has 3 rings (SSSR count). The van der Waals surface area contributed by atoms with E-state index >= 15 is 0 Å². The first kappa shape index (κ1) is 17.0. The molecule has 0 spiro atoms. The van der Waals surface area contributed by atoms with E-state index in [1.807, 2.05) is 36.1 Å². The molecule has 0 aromatic heterocycles. The molecule has 1 unspecified atom stereocenters. The molecule has 1 atom stereocenters. The zero-order valence-corrected chi connectivity index (χ0v) is 14.3. The highest BCUT2D eigenvalue weighted by molar-refractivity contribution is 5.94. The maximum atomic E-state index is 12.3. The van der Waals surface area contributed by atoms with Gasteiger partial charge >= 0.3 is 0 Å². The second kappa shape index (κ2) is 7.34. The highest BCUT2D eigenvalue weighted by Gasteiger charge is 2.35. The summed E-state index contributed by atoms with van der Waals surface area (Å²) in [6.07, 6.45) is 5.00. The predicted octanol–water partition coefficient (Wildman–Crippen LogP) is 2.50. The average Bonchev–Trinajstić information content (AvgIpc) is 3.15. The van der Waals surface area contributed by atoms with Crippen LogP contribution >= 0.6 is 0 Å². The van der Waals surface area contributed by atoms with Crippen molar-refractivity contribution in [3.63, 3.8) is 0 Å². The number of amides is 2. The van der Waals surface area contributed by atoms with Crippen LogP contribution in [0.1, 0.15) is 54.9 Å². The van der Waals surface area contributed by atoms with Crippen molar-refractivity contribution in [2.75, 3.05) is 19.7 Å². The lowest BCUT2D eigenvalue weighted by Crippen LogP contribution is -2.48. The summed E-state index contributed by atoms with van der Waals surface area (Å²) in [4.78, 5) is 26.6. The smallest absolute Gasteiger partial charge is 0.253 e. The molecular weight excluding hydrogens is 304 g/mol. The van der Waals surface area contributed by atoms with Crippen LogP contribution in [-0.2, 0) is 16.1 Å². The summed E-state index contributed by atoms with van der Waals surface area (Å²) in [7, 11) is 0. The molecule has 0 bridgehead atoms. The Hall–Kier alpha value is -1.88. The minimum Gasteiger partial charge on any atom is -0.365 e. The molecule has 2 aliphatic heterocycles. The van der Waals surface area contributed by atoms with Gasteiger partial charge in [-0.3, -0.25) is 9.59 Å². The number of hydrogen-bond acceptors (Lipinski definition) is 3. The zero-order valence-electron chi connectivity index (χ0n) is 14.3. The van der Waals surface area contributed by atoms with Crippen LogP contribution in [0.25, 0.3) is 0 Å². The first-order valence-corrected chi connectivity index (χ1v) is 8.89. The van der Waals surface area contributed by atoms with Crippen molar-refractivity contribution in [2.24, 2.45) is 0 Å². The third-order valence-electron chi connectivity index (χ3n) is 5.00. The number of carbonyl (C=O) groups excluding carboxylic acids is 2. The van der Waals surface area contributed by atoms with Gasteiger partial charge in [0.1, 0.15) is 5.60 Å². The lowest BCUT2D eigenvalue weighted by Gasteiger charge is -2.32. The number of rotatable bonds is 4. The first-order valence-electron chi connectivity index (χ1n) is 8.89. The summed E-state index contributed by atoms with van der Waals surface area (Å²) >= 11 is 0. The highest BCUT2D eigenvalue weighted by Crippen LogP contribution is 2.24. The third-order valence-corrected chi connectivity index (χ3v) is 5.00. The van der Waals surface area contributed by atoms with Gasteiger partial charge in [-0.2, -0.15) is 0 Å². The number of nitrogens with one attached hydrogen (secondary N) is 1. The second-order valence-corrected chi connectivity index (χ2v) is 6.92. The lowest BCUT2D eigenvalue weighted by atomic mass is 9.95. The fourth-order valence-electron chi connectivity index (χ4n) is 3.35. The molecule has 0 saturated carbocycles. The van der Waals surface area contributed by atoms with Gasteiger partial charge in [-0.15, -0.1) is 0 Å². The van der Waals surface area contributed by atoms with Crippen LogP contribution in [0.4, 0.5) is 0 Å². The molecule has 2 saturated heterocycles. The van der Waals surface area contributed by atoms with Gasteiger partial charge < -0.3 is 15.0 Å². The van der Waals surface area contributed by atoms with Gasteiger partial charge in [0.2, 0.25) is 0 Å². The number of likely N-dealkylation sites (tertiary alicyclic amines) is 1. The highest BCUT2D eigenvalue weighted by atomic mass is 16.5. The van der Waals surface area contributed by atoms with Crippen molar-refractivity contribution in [2.45, 2.75) is 51.2 Å². The van der Waals surface area contributed by atoms with Crippen molar-refractivity contribution in [3.05, 3.63) is 35.4 Å². The summed E-state index contributed by atoms with van der Waals surface area (Å²) in [6.45, 7) is 4.68. The van der Waals surface area contributed by atoms with Gasteiger partial charge in [-0.05, 0) is 56.7 Å². The molecule has 1 aromatic carbocycles. The fourth-order valence-corrected chi connectivity index (χ4v) is 3.35. The van der Waals surface area contributed by atoms with E-state index in [1.165, 1.54) is 0 Å². The quantitative estimate of drug-likeness (QED) is 0.923. The summed E-state index contributed by atoms with van der Waals surface area (Å²) in [6, 6.07) is 7.52. The van der Waals surface area contributed by atoms with Gasteiger partial charge in [0.05, 0.1) is 0 Å². The van der Waals surface area contributed by atoms with Crippen molar-refractivity contribution >= 4 is 11.8 Å². The van der Waals surface area contributed by atoms with Gasteiger partial charge in [0.15, 0.2) is 0 Å². The van der Waals surface area contributed by atoms with E-state index in [0.717, 1.165) is 56.3 Å². The van der Waals surface area contributed by atoms with E-state index in [9.17, 15) is 9.59 Å². The van der Waals surface area contributed by atoms with Crippen molar-refractivity contribution in [1.82, 2.24) is 10.2 Å². The minimum absolute atomic E-state index is 0.0561. The maximum Gasteiger partial charge on any atom is 0.253 e. The van der Waals surface area contributed by atoms with Gasteiger partial charge in [-0.1, -0.05) is 12.1 Å². The van der Waals surface area contributed by atoms with Crippen molar-refractivity contribution in [3.8, 4) is 0 Å². The van der Waals surface area contributed by atoms with Gasteiger partial charge in [0, 0.05) is 31.8 Å². The van der Waals surface area contributed by atoms with Crippen LogP contribution in [0.3, 0.4) is 0 Å². The second-order valence-electron chi connectivity index (χ2n) is 6.92. The third kappa shape index (κ3) is 3.78. The Bertz CT molecular complexity index is 585. The van der Waals surface area contributed by atoms with Crippen molar-refractivity contribution in [1.29, 1.82) is 0 Å². The fraction of sp³-hybridized carbons (Fsp3) is 0.579. The van der Waals surface area contributed by atoms with E-state index < -0.39 is 5.60 Å². The standard InChI is InChI=1S/C19H26N2O3/c1-19(10-2-5-13-24-19)18(23)20-14-15-6-8-16(9-7-15)17(22)21-11-3-4-12-21/h6-9H,2-5,10-14H2,1H3,(H,20,23). The Morgan fingerprint density at radius 1 is 1.12 bits per heavy atom. The Morgan fingerprint density at radius 2 is 1.83 bits per heavy atom. The van der Waals surface area contributed by atoms with Crippen LogP contribution in [0.15, 0.2) is 24.3 Å². The normalized spacial score (nSPS) is 24.0. The first-order chi connectivity index (χ1) is 11.6. The van der Waals surface area contributed by atoms with E-state index in [4.69, 9.17) is 4.74 Å². The van der Waals surface area contributed by atoms with E-state index in [1.54, 1.807) is 0 Å². The van der Waals surface area contributed by atoms with E-state index in [0.29, 0.717) is 13.2 Å². The summed E-state index contributed by atoms with van der Waals surface area (Å²) in [5.74, 6) is 0.0469. The topological polar surface area (TPSA) is 58.6 Å². The molecule has 24 heavy (non-hydrogen) atoms. The average molecular weight is 330 g/mol.